The molecule has 1 atom stereocenters. The first kappa shape index (κ1) is 14.4. The Hall–Kier alpha value is -1.69. The summed E-state index contributed by atoms with van der Waals surface area (Å²) in [5.74, 6) is 0.103. The average molecular weight is 252 g/mol. The largest absolute Gasteiger partial charge is 0.368 e. The summed E-state index contributed by atoms with van der Waals surface area (Å²) in [5, 5.41) is 3.04. The third-order valence-corrected chi connectivity index (χ3v) is 2.89. The molecule has 0 saturated carbocycles. The minimum Gasteiger partial charge on any atom is -0.368 e. The van der Waals surface area contributed by atoms with Gasteiger partial charge in [0, 0.05) is 11.7 Å². The fraction of sp³-hybridized carbons (Fsp3) is 0.583. The third-order valence-electron chi connectivity index (χ3n) is 2.89. The van der Waals surface area contributed by atoms with Gasteiger partial charge in [-0.05, 0) is 34.6 Å². The van der Waals surface area contributed by atoms with Crippen molar-refractivity contribution in [2.24, 2.45) is 5.73 Å². The molecule has 1 amide bonds. The normalized spacial score (nSPS) is 13.4. The molecular weight excluding hydrogens is 232 g/mol. The SMILES string of the molecule is Cc1nc(C)c(C(C)NC(C)(C)C(N)=O)c(=O)[nH]1. The summed E-state index contributed by atoms with van der Waals surface area (Å²) in [5.41, 5.74) is 5.39. The second-order valence-electron chi connectivity index (χ2n) is 5.01. The second-order valence-corrected chi connectivity index (χ2v) is 5.01. The number of nitrogens with one attached hydrogen (secondary N) is 2. The van der Waals surface area contributed by atoms with Crippen LogP contribution in [0.4, 0.5) is 0 Å². The smallest absolute Gasteiger partial charge is 0.255 e. The van der Waals surface area contributed by atoms with Gasteiger partial charge in [-0.2, -0.15) is 0 Å². The highest BCUT2D eigenvalue weighted by Gasteiger charge is 2.28. The van der Waals surface area contributed by atoms with Gasteiger partial charge in [0.2, 0.25) is 5.91 Å². The van der Waals surface area contributed by atoms with E-state index >= 15 is 0 Å². The van der Waals surface area contributed by atoms with E-state index in [4.69, 9.17) is 5.73 Å². The molecule has 0 aliphatic rings. The van der Waals surface area contributed by atoms with Crippen LogP contribution in [0.5, 0.6) is 0 Å². The number of carbonyl (C=O) groups is 1. The molecule has 1 aromatic heterocycles. The highest BCUT2D eigenvalue weighted by atomic mass is 16.1. The first-order valence-electron chi connectivity index (χ1n) is 5.80. The summed E-state index contributed by atoms with van der Waals surface area (Å²) in [7, 11) is 0. The molecule has 1 heterocycles. The Kier molecular flexibility index (Phi) is 3.91. The maximum absolute atomic E-state index is 11.9. The fourth-order valence-corrected chi connectivity index (χ4v) is 1.93. The zero-order valence-electron chi connectivity index (χ0n) is 11.4. The highest BCUT2D eigenvalue weighted by molar-refractivity contribution is 5.83. The van der Waals surface area contributed by atoms with Crippen molar-refractivity contribution in [1.82, 2.24) is 15.3 Å². The van der Waals surface area contributed by atoms with Crippen LogP contribution in [0, 0.1) is 13.8 Å². The summed E-state index contributed by atoms with van der Waals surface area (Å²) < 4.78 is 0. The van der Waals surface area contributed by atoms with Gasteiger partial charge in [-0.15, -0.1) is 0 Å². The van der Waals surface area contributed by atoms with Crippen molar-refractivity contribution in [2.75, 3.05) is 0 Å². The zero-order chi connectivity index (χ0) is 14.1. The van der Waals surface area contributed by atoms with Gasteiger partial charge < -0.3 is 10.7 Å². The van der Waals surface area contributed by atoms with Gasteiger partial charge in [0.1, 0.15) is 5.82 Å². The topological polar surface area (TPSA) is 101 Å². The number of primary amides is 1. The molecule has 6 nitrogen and oxygen atoms in total. The van der Waals surface area contributed by atoms with Crippen molar-refractivity contribution >= 4 is 5.91 Å². The quantitative estimate of drug-likeness (QED) is 0.717. The van der Waals surface area contributed by atoms with Crippen LogP contribution in [0.15, 0.2) is 4.79 Å². The predicted molar refractivity (Wildman–Crippen MR) is 69.2 cm³/mol. The van der Waals surface area contributed by atoms with Crippen LogP contribution in [-0.2, 0) is 4.79 Å². The molecule has 0 aromatic carbocycles. The minimum absolute atomic E-state index is 0.194. The number of carbonyl (C=O) groups excluding carboxylic acids is 1. The van der Waals surface area contributed by atoms with E-state index in [1.54, 1.807) is 34.6 Å². The summed E-state index contributed by atoms with van der Waals surface area (Å²) >= 11 is 0. The molecule has 0 spiro atoms. The Morgan fingerprint density at radius 2 is 2.00 bits per heavy atom. The van der Waals surface area contributed by atoms with Crippen LogP contribution in [-0.4, -0.2) is 21.4 Å². The fourth-order valence-electron chi connectivity index (χ4n) is 1.93. The lowest BCUT2D eigenvalue weighted by Crippen LogP contribution is -2.52. The van der Waals surface area contributed by atoms with Crippen molar-refractivity contribution < 1.29 is 4.79 Å². The Morgan fingerprint density at radius 3 is 2.44 bits per heavy atom. The summed E-state index contributed by atoms with van der Waals surface area (Å²) in [6.45, 7) is 8.66. The van der Waals surface area contributed by atoms with Gasteiger partial charge in [-0.1, -0.05) is 0 Å². The molecule has 6 heteroatoms. The number of aromatic nitrogens is 2. The number of nitrogens with zero attached hydrogens (tertiary/aromatic N) is 1. The van der Waals surface area contributed by atoms with E-state index < -0.39 is 11.4 Å². The first-order chi connectivity index (χ1) is 8.15. The number of hydrogen-bond donors (Lipinski definition) is 3. The number of rotatable bonds is 4. The minimum atomic E-state index is -0.886. The van der Waals surface area contributed by atoms with Crippen molar-refractivity contribution in [2.45, 2.75) is 46.2 Å². The molecule has 0 bridgehead atoms. The maximum Gasteiger partial charge on any atom is 0.255 e. The predicted octanol–water partition coefficient (Wildman–Crippen LogP) is 0.301. The van der Waals surface area contributed by atoms with Gasteiger partial charge in [0.05, 0.1) is 11.1 Å². The van der Waals surface area contributed by atoms with Gasteiger partial charge in [0.15, 0.2) is 0 Å². The molecule has 0 fully saturated rings. The standard InChI is InChI=1S/C12H20N4O2/c1-6-9(10(17)15-8(3)14-6)7(2)16-12(4,5)11(13)18/h7,16H,1-5H3,(H2,13,18)(H,14,15,17). The van der Waals surface area contributed by atoms with Crippen molar-refractivity contribution in [3.8, 4) is 0 Å². The Labute approximate surface area is 106 Å². The van der Waals surface area contributed by atoms with Crippen molar-refractivity contribution in [3.63, 3.8) is 0 Å². The molecule has 0 aliphatic carbocycles. The Balaban J connectivity index is 3.10. The molecule has 4 N–H and O–H groups in total. The summed E-state index contributed by atoms with van der Waals surface area (Å²) in [6.07, 6.45) is 0. The van der Waals surface area contributed by atoms with Crippen LogP contribution in [0.3, 0.4) is 0 Å². The van der Waals surface area contributed by atoms with Crippen LogP contribution in [0.25, 0.3) is 0 Å². The van der Waals surface area contributed by atoms with Gasteiger partial charge in [-0.3, -0.25) is 14.9 Å². The van der Waals surface area contributed by atoms with Crippen LogP contribution < -0.4 is 16.6 Å². The van der Waals surface area contributed by atoms with E-state index in [2.05, 4.69) is 15.3 Å². The molecule has 100 valence electrons. The molecule has 0 radical (unpaired) electrons. The number of nitrogens with two attached hydrogens (primary N) is 1. The highest BCUT2D eigenvalue weighted by Crippen LogP contribution is 2.15. The van der Waals surface area contributed by atoms with Gasteiger partial charge >= 0.3 is 0 Å². The molecule has 1 rings (SSSR count). The van der Waals surface area contributed by atoms with E-state index in [9.17, 15) is 9.59 Å². The Bertz CT molecular complexity index is 519. The van der Waals surface area contributed by atoms with E-state index in [1.807, 2.05) is 0 Å². The molecule has 1 unspecified atom stereocenters. The van der Waals surface area contributed by atoms with E-state index in [0.29, 0.717) is 17.1 Å². The number of hydrogen-bond acceptors (Lipinski definition) is 4. The number of H-pyrrole nitrogens is 1. The molecule has 1 aromatic rings. The molecule has 0 aliphatic heterocycles. The average Bonchev–Trinajstić information content (AvgIpc) is 2.13. The number of aryl methyl sites for hydroxylation is 2. The number of amides is 1. The van der Waals surface area contributed by atoms with Gasteiger partial charge in [0.25, 0.3) is 5.56 Å². The molecule has 0 saturated heterocycles. The second kappa shape index (κ2) is 4.89. The lowest BCUT2D eigenvalue weighted by Gasteiger charge is -2.27. The summed E-state index contributed by atoms with van der Waals surface area (Å²) in [6, 6.07) is -0.315. The van der Waals surface area contributed by atoms with E-state index in [0.717, 1.165) is 0 Å². The third kappa shape index (κ3) is 2.95. The van der Waals surface area contributed by atoms with Gasteiger partial charge in [-0.25, -0.2) is 4.98 Å². The van der Waals surface area contributed by atoms with Crippen LogP contribution in [0.1, 0.15) is 43.9 Å². The zero-order valence-corrected chi connectivity index (χ0v) is 11.4. The van der Waals surface area contributed by atoms with Crippen LogP contribution in [0.2, 0.25) is 0 Å². The number of aromatic amines is 1. The van der Waals surface area contributed by atoms with Crippen molar-refractivity contribution in [3.05, 3.63) is 27.4 Å². The van der Waals surface area contributed by atoms with Crippen molar-refractivity contribution in [1.29, 1.82) is 0 Å². The maximum atomic E-state index is 11.9. The monoisotopic (exact) mass is 252 g/mol. The molecular formula is C12H20N4O2. The van der Waals surface area contributed by atoms with Crippen LogP contribution >= 0.6 is 0 Å². The van der Waals surface area contributed by atoms with E-state index in [-0.39, 0.29) is 11.6 Å². The lowest BCUT2D eigenvalue weighted by molar-refractivity contribution is -0.123. The first-order valence-corrected chi connectivity index (χ1v) is 5.80. The van der Waals surface area contributed by atoms with E-state index in [1.165, 1.54) is 0 Å². The Morgan fingerprint density at radius 1 is 1.44 bits per heavy atom. The molecule has 18 heavy (non-hydrogen) atoms. The lowest BCUT2D eigenvalue weighted by atomic mass is 10.0. The summed E-state index contributed by atoms with van der Waals surface area (Å²) in [4.78, 5) is 30.0.